The van der Waals surface area contributed by atoms with Gasteiger partial charge in [0.25, 0.3) is 5.91 Å². The van der Waals surface area contributed by atoms with Crippen LogP contribution in [0.5, 0.6) is 5.75 Å². The van der Waals surface area contributed by atoms with Gasteiger partial charge in [0.05, 0.1) is 7.11 Å². The Morgan fingerprint density at radius 3 is 2.75 bits per heavy atom. The fourth-order valence-corrected chi connectivity index (χ4v) is 5.23. The fraction of sp³-hybridized carbons (Fsp3) is 0.458. The number of piperidine rings is 1. The Balaban J connectivity index is 1.60. The second-order valence-electron chi connectivity index (χ2n) is 8.42. The molecule has 0 radical (unpaired) electrons. The first kappa shape index (κ1) is 19.0. The number of hydrogen-bond donors (Lipinski definition) is 1. The average molecular weight is 379 g/mol. The van der Waals surface area contributed by atoms with E-state index in [2.05, 4.69) is 35.5 Å². The van der Waals surface area contributed by atoms with Crippen LogP contribution in [0.2, 0.25) is 0 Å². The number of hydrogen-bond acceptors (Lipinski definition) is 3. The van der Waals surface area contributed by atoms with Crippen LogP contribution < -0.4 is 10.1 Å². The van der Waals surface area contributed by atoms with Crippen LogP contribution >= 0.6 is 0 Å². The van der Waals surface area contributed by atoms with Gasteiger partial charge in [-0.2, -0.15) is 0 Å². The van der Waals surface area contributed by atoms with Crippen LogP contribution in [0, 0.1) is 5.92 Å². The molecule has 1 N–H and O–H groups in total. The average Bonchev–Trinajstić information content (AvgIpc) is 2.74. The summed E-state index contributed by atoms with van der Waals surface area (Å²) in [6, 6.07) is 18.3. The van der Waals surface area contributed by atoms with Crippen molar-refractivity contribution in [3.8, 4) is 5.75 Å². The fourth-order valence-electron chi connectivity index (χ4n) is 5.23. The van der Waals surface area contributed by atoms with Crippen molar-refractivity contribution in [3.05, 3.63) is 65.7 Å². The van der Waals surface area contributed by atoms with Crippen LogP contribution in [0.15, 0.2) is 54.6 Å². The van der Waals surface area contributed by atoms with Gasteiger partial charge in [0, 0.05) is 23.6 Å². The van der Waals surface area contributed by atoms with E-state index < -0.39 is 0 Å². The molecule has 4 heteroatoms. The van der Waals surface area contributed by atoms with Gasteiger partial charge in [0.1, 0.15) is 5.75 Å². The van der Waals surface area contributed by atoms with Crippen LogP contribution in [0.3, 0.4) is 0 Å². The highest BCUT2D eigenvalue weighted by Gasteiger charge is 2.47. The van der Waals surface area contributed by atoms with E-state index in [1.807, 2.05) is 36.4 Å². The summed E-state index contributed by atoms with van der Waals surface area (Å²) in [4.78, 5) is 15.2. The lowest BCUT2D eigenvalue weighted by atomic mass is 9.58. The number of likely N-dealkylation sites (tertiary alicyclic amines) is 1. The summed E-state index contributed by atoms with van der Waals surface area (Å²) >= 11 is 0. The van der Waals surface area contributed by atoms with E-state index in [0.717, 1.165) is 50.1 Å². The first-order valence-corrected chi connectivity index (χ1v) is 10.3. The highest BCUT2D eigenvalue weighted by molar-refractivity contribution is 5.94. The summed E-state index contributed by atoms with van der Waals surface area (Å²) in [5, 5.41) is 3.32. The van der Waals surface area contributed by atoms with Crippen molar-refractivity contribution in [1.82, 2.24) is 10.2 Å². The maximum Gasteiger partial charge on any atom is 0.251 e. The number of ether oxygens (including phenoxy) is 1. The molecule has 0 spiro atoms. The first-order chi connectivity index (χ1) is 13.6. The molecule has 3 atom stereocenters. The Morgan fingerprint density at radius 2 is 1.96 bits per heavy atom. The quantitative estimate of drug-likeness (QED) is 0.878. The molecule has 1 amide bonds. The smallest absolute Gasteiger partial charge is 0.251 e. The van der Waals surface area contributed by atoms with Crippen molar-refractivity contribution in [2.75, 3.05) is 27.2 Å². The predicted octanol–water partition coefficient (Wildman–Crippen LogP) is 3.87. The Hall–Kier alpha value is -2.33. The molecular weight excluding hydrogens is 348 g/mol. The molecule has 4 nitrogen and oxygen atoms in total. The molecule has 28 heavy (non-hydrogen) atoms. The molecule has 148 valence electrons. The van der Waals surface area contributed by atoms with E-state index in [1.165, 1.54) is 5.56 Å². The molecule has 1 aliphatic heterocycles. The van der Waals surface area contributed by atoms with Crippen LogP contribution in [0.4, 0.5) is 0 Å². The third-order valence-electron chi connectivity index (χ3n) is 6.74. The van der Waals surface area contributed by atoms with Crippen LogP contribution in [0.25, 0.3) is 0 Å². The van der Waals surface area contributed by atoms with Crippen molar-refractivity contribution in [2.45, 2.75) is 37.1 Å². The third kappa shape index (κ3) is 3.66. The van der Waals surface area contributed by atoms with Gasteiger partial charge in [-0.3, -0.25) is 4.79 Å². The van der Waals surface area contributed by atoms with Gasteiger partial charge < -0.3 is 15.0 Å². The minimum Gasteiger partial charge on any atom is -0.497 e. The molecule has 2 aromatic carbocycles. The van der Waals surface area contributed by atoms with Gasteiger partial charge in [-0.15, -0.1) is 0 Å². The van der Waals surface area contributed by atoms with Crippen molar-refractivity contribution < 1.29 is 9.53 Å². The monoisotopic (exact) mass is 378 g/mol. The van der Waals surface area contributed by atoms with E-state index in [1.54, 1.807) is 7.11 Å². The summed E-state index contributed by atoms with van der Waals surface area (Å²) in [5.41, 5.74) is 2.21. The molecule has 0 unspecified atom stereocenters. The molecule has 4 rings (SSSR count). The molecule has 1 heterocycles. The standard InChI is InChI=1S/C24H30N2O2/c1-26-14-13-24(19-9-6-10-22(15-19)28-2)16-21(12-11-20(24)17-26)25-23(27)18-7-4-3-5-8-18/h3-10,15,20-21H,11-14,16-17H2,1-2H3,(H,25,27)/t20-,21-,24+/m1/s1. The van der Waals surface area contributed by atoms with Gasteiger partial charge in [0.2, 0.25) is 0 Å². The number of methoxy groups -OCH3 is 1. The number of benzene rings is 2. The van der Waals surface area contributed by atoms with E-state index in [9.17, 15) is 4.79 Å². The van der Waals surface area contributed by atoms with Crippen molar-refractivity contribution >= 4 is 5.91 Å². The minimum absolute atomic E-state index is 0.0396. The number of carbonyl (C=O) groups excluding carboxylic acids is 1. The molecule has 1 aliphatic carbocycles. The molecule has 1 saturated heterocycles. The molecule has 2 fully saturated rings. The maximum absolute atomic E-state index is 12.7. The number of rotatable bonds is 4. The minimum atomic E-state index is 0.0396. The number of amides is 1. The SMILES string of the molecule is COc1cccc([C@@]23CCN(C)C[C@H]2CC[C@@H](NC(=O)c2ccccc2)C3)c1. The number of nitrogens with one attached hydrogen (secondary N) is 1. The van der Waals surface area contributed by atoms with E-state index >= 15 is 0 Å². The largest absolute Gasteiger partial charge is 0.497 e. The van der Waals surface area contributed by atoms with E-state index in [0.29, 0.717) is 5.92 Å². The summed E-state index contributed by atoms with van der Waals surface area (Å²) in [6.07, 6.45) is 4.31. The normalized spacial score (nSPS) is 27.6. The van der Waals surface area contributed by atoms with E-state index in [4.69, 9.17) is 4.74 Å². The zero-order valence-corrected chi connectivity index (χ0v) is 16.9. The van der Waals surface area contributed by atoms with Crippen LogP contribution in [0.1, 0.15) is 41.6 Å². The van der Waals surface area contributed by atoms with Gasteiger partial charge in [-0.05, 0) is 75.0 Å². The van der Waals surface area contributed by atoms with Gasteiger partial charge in [-0.25, -0.2) is 0 Å². The Kier molecular flexibility index (Phi) is 5.40. The lowest BCUT2D eigenvalue weighted by Gasteiger charge is -2.52. The third-order valence-corrected chi connectivity index (χ3v) is 6.74. The summed E-state index contributed by atoms with van der Waals surface area (Å²) in [6.45, 7) is 2.21. The second-order valence-corrected chi connectivity index (χ2v) is 8.42. The highest BCUT2D eigenvalue weighted by atomic mass is 16.5. The molecule has 0 aromatic heterocycles. The van der Waals surface area contributed by atoms with Crippen molar-refractivity contribution in [2.24, 2.45) is 5.92 Å². The Labute approximate surface area is 167 Å². The Morgan fingerprint density at radius 1 is 1.14 bits per heavy atom. The van der Waals surface area contributed by atoms with Crippen LogP contribution in [-0.4, -0.2) is 44.1 Å². The second kappa shape index (κ2) is 7.96. The lowest BCUT2D eigenvalue weighted by molar-refractivity contribution is 0.0533. The Bertz CT molecular complexity index is 822. The van der Waals surface area contributed by atoms with Gasteiger partial charge in [0.15, 0.2) is 0 Å². The number of nitrogens with zero attached hydrogens (tertiary/aromatic N) is 1. The molecule has 1 saturated carbocycles. The topological polar surface area (TPSA) is 41.6 Å². The predicted molar refractivity (Wildman–Crippen MR) is 112 cm³/mol. The number of fused-ring (bicyclic) bond motifs is 1. The zero-order valence-electron chi connectivity index (χ0n) is 16.9. The maximum atomic E-state index is 12.7. The molecular formula is C24H30N2O2. The lowest BCUT2D eigenvalue weighted by Crippen LogP contribution is -2.55. The van der Waals surface area contributed by atoms with Crippen LogP contribution in [-0.2, 0) is 5.41 Å². The number of carbonyl (C=O) groups is 1. The van der Waals surface area contributed by atoms with Crippen molar-refractivity contribution in [3.63, 3.8) is 0 Å². The zero-order chi connectivity index (χ0) is 19.6. The van der Waals surface area contributed by atoms with Crippen molar-refractivity contribution in [1.29, 1.82) is 0 Å². The summed E-state index contributed by atoms with van der Waals surface area (Å²) in [7, 11) is 3.95. The molecule has 2 aromatic rings. The van der Waals surface area contributed by atoms with Gasteiger partial charge in [-0.1, -0.05) is 30.3 Å². The first-order valence-electron chi connectivity index (χ1n) is 10.3. The molecule has 0 bridgehead atoms. The summed E-state index contributed by atoms with van der Waals surface area (Å²) < 4.78 is 5.51. The van der Waals surface area contributed by atoms with E-state index in [-0.39, 0.29) is 17.4 Å². The van der Waals surface area contributed by atoms with Gasteiger partial charge >= 0.3 is 0 Å². The molecule has 2 aliphatic rings. The summed E-state index contributed by atoms with van der Waals surface area (Å²) in [5.74, 6) is 1.57. The highest BCUT2D eigenvalue weighted by Crippen LogP contribution is 2.49.